The molecule has 0 N–H and O–H groups in total. The largest absolute Gasteiger partial charge is 0.460 e. The second-order valence-corrected chi connectivity index (χ2v) is 4.36. The average molecular weight is 328 g/mol. The summed E-state index contributed by atoms with van der Waals surface area (Å²) in [6.45, 7) is 0. The van der Waals surface area contributed by atoms with Crippen LogP contribution < -0.4 is 0 Å². The van der Waals surface area contributed by atoms with Crippen molar-refractivity contribution < 1.29 is 4.42 Å². The fraction of sp³-hybridized carbons (Fsp3) is 0. The minimum atomic E-state index is 0.0498. The van der Waals surface area contributed by atoms with Crippen LogP contribution in [0.1, 0.15) is 0 Å². The fourth-order valence-corrected chi connectivity index (χ4v) is 1.84. The predicted octanol–water partition coefficient (Wildman–Crippen LogP) is 2.13. The van der Waals surface area contributed by atoms with Crippen molar-refractivity contribution in [2.75, 3.05) is 0 Å². The first-order valence-electron chi connectivity index (χ1n) is 4.74. The van der Waals surface area contributed by atoms with Gasteiger partial charge in [-0.25, -0.2) is 4.98 Å². The van der Waals surface area contributed by atoms with E-state index in [0.717, 1.165) is 4.47 Å². The van der Waals surface area contributed by atoms with Crippen LogP contribution in [-0.4, -0.2) is 29.7 Å². The molecule has 3 heterocycles. The summed E-state index contributed by atoms with van der Waals surface area (Å²) in [4.78, 5) is 16.0. The van der Waals surface area contributed by atoms with Crippen LogP contribution in [0.2, 0.25) is 5.28 Å². The van der Waals surface area contributed by atoms with Gasteiger partial charge in [0.25, 0.3) is 5.95 Å². The number of furan rings is 1. The molecule has 0 bridgehead atoms. The molecule has 90 valence electrons. The number of hydrogen-bond donors (Lipinski definition) is 0. The van der Waals surface area contributed by atoms with E-state index >= 15 is 0 Å². The van der Waals surface area contributed by atoms with E-state index in [-0.39, 0.29) is 11.2 Å². The zero-order chi connectivity index (χ0) is 12.5. The third-order valence-corrected chi connectivity index (χ3v) is 2.83. The topological polar surface area (TPSA) is 82.5 Å². The smallest absolute Gasteiger partial charge is 0.257 e. The van der Waals surface area contributed by atoms with Crippen molar-refractivity contribution in [3.63, 3.8) is 0 Å². The molecule has 7 nitrogen and oxygen atoms in total. The molecular weight excluding hydrogens is 323 g/mol. The zero-order valence-corrected chi connectivity index (χ0v) is 11.0. The summed E-state index contributed by atoms with van der Waals surface area (Å²) < 4.78 is 7.39. The molecule has 0 aliphatic heterocycles. The van der Waals surface area contributed by atoms with Gasteiger partial charge in [0, 0.05) is 0 Å². The zero-order valence-electron chi connectivity index (χ0n) is 8.66. The Balaban J connectivity index is 2.15. The van der Waals surface area contributed by atoms with E-state index in [1.165, 1.54) is 23.6 Å². The molecule has 0 aromatic carbocycles. The van der Waals surface area contributed by atoms with Gasteiger partial charge in [0.1, 0.15) is 12.7 Å². The van der Waals surface area contributed by atoms with E-state index in [1.807, 2.05) is 0 Å². The van der Waals surface area contributed by atoms with Gasteiger partial charge in [-0.05, 0) is 33.6 Å². The summed E-state index contributed by atoms with van der Waals surface area (Å²) in [6, 6.07) is 1.74. The molecule has 3 aromatic rings. The van der Waals surface area contributed by atoms with Crippen molar-refractivity contribution in [3.05, 3.63) is 34.7 Å². The van der Waals surface area contributed by atoms with Crippen LogP contribution in [0, 0.1) is 0 Å². The van der Waals surface area contributed by atoms with E-state index in [1.54, 1.807) is 6.07 Å². The lowest BCUT2D eigenvalue weighted by Crippen LogP contribution is -2.04. The summed E-state index contributed by atoms with van der Waals surface area (Å²) in [5.74, 6) is 1.06. The summed E-state index contributed by atoms with van der Waals surface area (Å²) in [5, 5.41) is 3.97. The number of nitrogens with zero attached hydrogens (tertiary/aromatic N) is 6. The van der Waals surface area contributed by atoms with Crippen LogP contribution in [0.5, 0.6) is 0 Å². The molecule has 18 heavy (non-hydrogen) atoms. The SMILES string of the molecule is Clc1nc(-c2occc2Br)nc(-n2cncn2)n1. The molecule has 0 aliphatic carbocycles. The average Bonchev–Trinajstić information content (AvgIpc) is 2.98. The molecule has 3 rings (SSSR count). The molecular formula is C9H4BrClN6O. The Bertz CT molecular complexity index is 682. The minimum Gasteiger partial charge on any atom is -0.460 e. The molecule has 0 saturated heterocycles. The van der Waals surface area contributed by atoms with Gasteiger partial charge >= 0.3 is 0 Å². The molecule has 0 unspecified atom stereocenters. The Morgan fingerprint density at radius 1 is 1.28 bits per heavy atom. The first-order valence-corrected chi connectivity index (χ1v) is 5.91. The highest BCUT2D eigenvalue weighted by Crippen LogP contribution is 2.27. The third kappa shape index (κ3) is 2.00. The van der Waals surface area contributed by atoms with Crippen LogP contribution >= 0.6 is 27.5 Å². The van der Waals surface area contributed by atoms with Gasteiger partial charge in [-0.15, -0.1) is 0 Å². The lowest BCUT2D eigenvalue weighted by atomic mass is 10.4. The molecule has 9 heteroatoms. The summed E-state index contributed by atoms with van der Waals surface area (Å²) in [5.41, 5.74) is 0. The van der Waals surface area contributed by atoms with Gasteiger partial charge in [0.05, 0.1) is 10.7 Å². The molecule has 0 saturated carbocycles. The Morgan fingerprint density at radius 3 is 2.83 bits per heavy atom. The lowest BCUT2D eigenvalue weighted by molar-refractivity contribution is 0.574. The van der Waals surface area contributed by atoms with Crippen LogP contribution in [0.25, 0.3) is 17.5 Å². The van der Waals surface area contributed by atoms with Gasteiger partial charge in [-0.2, -0.15) is 24.7 Å². The second-order valence-electron chi connectivity index (χ2n) is 3.17. The number of hydrogen-bond acceptors (Lipinski definition) is 6. The van der Waals surface area contributed by atoms with Crippen LogP contribution in [0.15, 0.2) is 33.9 Å². The number of aromatic nitrogens is 6. The highest BCUT2D eigenvalue weighted by Gasteiger charge is 2.14. The Hall–Kier alpha value is -1.80. The lowest BCUT2D eigenvalue weighted by Gasteiger charge is -2.01. The van der Waals surface area contributed by atoms with Gasteiger partial charge in [0.2, 0.25) is 11.1 Å². The maximum Gasteiger partial charge on any atom is 0.257 e. The number of halogens is 2. The van der Waals surface area contributed by atoms with E-state index in [9.17, 15) is 0 Å². The normalized spacial score (nSPS) is 10.8. The van der Waals surface area contributed by atoms with Crippen molar-refractivity contribution >= 4 is 27.5 Å². The second kappa shape index (κ2) is 4.46. The molecule has 3 aromatic heterocycles. The quantitative estimate of drug-likeness (QED) is 0.717. The van der Waals surface area contributed by atoms with Crippen molar-refractivity contribution in [1.82, 2.24) is 29.7 Å². The number of rotatable bonds is 2. The van der Waals surface area contributed by atoms with Crippen molar-refractivity contribution in [3.8, 4) is 17.5 Å². The van der Waals surface area contributed by atoms with Crippen molar-refractivity contribution in [2.45, 2.75) is 0 Å². The van der Waals surface area contributed by atoms with E-state index in [0.29, 0.717) is 11.6 Å². The van der Waals surface area contributed by atoms with E-state index in [4.69, 9.17) is 16.0 Å². The summed E-state index contributed by atoms with van der Waals surface area (Å²) >= 11 is 9.18. The summed E-state index contributed by atoms with van der Waals surface area (Å²) in [6.07, 6.45) is 4.36. The first kappa shape index (κ1) is 11.3. The van der Waals surface area contributed by atoms with Gasteiger partial charge in [-0.3, -0.25) is 0 Å². The third-order valence-electron chi connectivity index (χ3n) is 2.04. The van der Waals surface area contributed by atoms with Gasteiger partial charge in [-0.1, -0.05) is 0 Å². The fourth-order valence-electron chi connectivity index (χ4n) is 1.31. The Kier molecular flexibility index (Phi) is 2.80. The minimum absolute atomic E-state index is 0.0498. The van der Waals surface area contributed by atoms with Crippen molar-refractivity contribution in [2.24, 2.45) is 0 Å². The Morgan fingerprint density at radius 2 is 2.17 bits per heavy atom. The molecule has 0 atom stereocenters. The van der Waals surface area contributed by atoms with E-state index < -0.39 is 0 Å². The van der Waals surface area contributed by atoms with Crippen molar-refractivity contribution in [1.29, 1.82) is 0 Å². The first-order chi connectivity index (χ1) is 8.74. The predicted molar refractivity (Wildman–Crippen MR) is 65.2 cm³/mol. The van der Waals surface area contributed by atoms with Crippen LogP contribution in [-0.2, 0) is 0 Å². The van der Waals surface area contributed by atoms with Gasteiger partial charge < -0.3 is 4.42 Å². The highest BCUT2D eigenvalue weighted by molar-refractivity contribution is 9.10. The Labute approximate surface area is 114 Å². The standard InChI is InChI=1S/C9H4BrClN6O/c10-5-1-2-18-6(5)7-14-8(11)16-9(15-7)17-4-12-3-13-17/h1-4H. The molecule has 0 radical (unpaired) electrons. The van der Waals surface area contributed by atoms with Gasteiger partial charge in [0.15, 0.2) is 5.76 Å². The van der Waals surface area contributed by atoms with Crippen LogP contribution in [0.4, 0.5) is 0 Å². The maximum absolute atomic E-state index is 5.86. The highest BCUT2D eigenvalue weighted by atomic mass is 79.9. The van der Waals surface area contributed by atoms with Crippen LogP contribution in [0.3, 0.4) is 0 Å². The molecule has 0 spiro atoms. The molecule has 0 aliphatic rings. The molecule has 0 amide bonds. The summed E-state index contributed by atoms with van der Waals surface area (Å²) in [7, 11) is 0. The monoisotopic (exact) mass is 326 g/mol. The maximum atomic E-state index is 5.86. The van der Waals surface area contributed by atoms with E-state index in [2.05, 4.69) is 41.0 Å². The molecule has 0 fully saturated rings.